The van der Waals surface area contributed by atoms with E-state index in [1.165, 1.54) is 77.1 Å². The third-order valence-electron chi connectivity index (χ3n) is 17.5. The van der Waals surface area contributed by atoms with Crippen molar-refractivity contribution in [1.29, 1.82) is 0 Å². The molecule has 16 rings (SSSR count). The highest BCUT2D eigenvalue weighted by molar-refractivity contribution is 6.13. The van der Waals surface area contributed by atoms with Gasteiger partial charge in [0.25, 0.3) is 0 Å². The molecule has 0 aliphatic heterocycles. The Labute approximate surface area is 524 Å². The maximum atomic E-state index is 2.40. The molecule has 0 unspecified atom stereocenters. The zero-order chi connectivity index (χ0) is 59.7. The Kier molecular flexibility index (Phi) is 13.9. The molecule has 0 aliphatic rings. The van der Waals surface area contributed by atoms with E-state index in [2.05, 4.69) is 383 Å². The SMILES string of the molecule is C(=Cc1ccc(N(c2ccccc2)c2ccc3c(c2)c2cc(-c4ccc(-c5ccccc5)cc4)ccc2n3-c2ccccc2)cc1)c1ccc(N(c2ccccc2)c2ccc3c(c2)c2cc(-c4ccc(-c5ccccc5)cc4)ccc2n3-c2ccccc2)cc1. The predicted molar refractivity (Wildman–Crippen MR) is 382 cm³/mol. The van der Waals surface area contributed by atoms with Crippen LogP contribution in [0.4, 0.5) is 34.1 Å². The van der Waals surface area contributed by atoms with Crippen molar-refractivity contribution in [3.05, 3.63) is 363 Å². The summed E-state index contributed by atoms with van der Waals surface area (Å²) in [5.74, 6) is 0. The topological polar surface area (TPSA) is 16.3 Å². The van der Waals surface area contributed by atoms with Crippen molar-refractivity contribution in [2.24, 2.45) is 0 Å². The number of para-hydroxylation sites is 4. The van der Waals surface area contributed by atoms with Gasteiger partial charge >= 0.3 is 0 Å². The number of benzene rings is 14. The zero-order valence-electron chi connectivity index (χ0n) is 49.4. The van der Waals surface area contributed by atoms with E-state index in [1.54, 1.807) is 0 Å². The first-order chi connectivity index (χ1) is 44.6. The lowest BCUT2D eigenvalue weighted by molar-refractivity contribution is 1.18. The van der Waals surface area contributed by atoms with E-state index in [9.17, 15) is 0 Å². The minimum atomic E-state index is 1.08. The van der Waals surface area contributed by atoms with Crippen molar-refractivity contribution in [2.75, 3.05) is 9.80 Å². The lowest BCUT2D eigenvalue weighted by atomic mass is 9.99. The summed E-state index contributed by atoms with van der Waals surface area (Å²) in [4.78, 5) is 4.73. The second kappa shape index (κ2) is 23.4. The fourth-order valence-corrected chi connectivity index (χ4v) is 13.1. The van der Waals surface area contributed by atoms with Gasteiger partial charge in [0.05, 0.1) is 22.1 Å². The summed E-state index contributed by atoms with van der Waals surface area (Å²) in [6, 6.07) is 127. The van der Waals surface area contributed by atoms with E-state index < -0.39 is 0 Å². The number of nitrogens with zero attached hydrogens (tertiary/aromatic N) is 4. The smallest absolute Gasteiger partial charge is 0.0542 e. The second-order valence-corrected chi connectivity index (χ2v) is 23.0. The number of hydrogen-bond donors (Lipinski definition) is 0. The van der Waals surface area contributed by atoms with E-state index in [0.717, 1.165) is 67.7 Å². The Morgan fingerprint density at radius 2 is 0.433 bits per heavy atom. The van der Waals surface area contributed by atoms with Crippen molar-refractivity contribution in [3.63, 3.8) is 0 Å². The van der Waals surface area contributed by atoms with Crippen LogP contribution >= 0.6 is 0 Å². The van der Waals surface area contributed by atoms with E-state index >= 15 is 0 Å². The molecule has 4 heteroatoms. The molecular weight excluding hydrogens is 1090 g/mol. The van der Waals surface area contributed by atoms with Gasteiger partial charge in [-0.05, 0) is 189 Å². The Hall–Kier alpha value is -12.0. The molecule has 0 saturated heterocycles. The molecule has 16 aromatic rings. The van der Waals surface area contributed by atoms with Crippen LogP contribution in [-0.2, 0) is 0 Å². The first-order valence-corrected chi connectivity index (χ1v) is 30.8. The first-order valence-electron chi connectivity index (χ1n) is 30.8. The molecule has 0 aliphatic carbocycles. The van der Waals surface area contributed by atoms with Crippen LogP contribution in [0.1, 0.15) is 11.1 Å². The molecule has 90 heavy (non-hydrogen) atoms. The molecule has 2 aromatic heterocycles. The van der Waals surface area contributed by atoms with Gasteiger partial charge in [-0.25, -0.2) is 0 Å². The van der Waals surface area contributed by atoms with Crippen LogP contribution in [-0.4, -0.2) is 9.13 Å². The summed E-state index contributed by atoms with van der Waals surface area (Å²) in [5, 5.41) is 4.79. The fraction of sp³-hybridized carbons (Fsp3) is 0. The summed E-state index contributed by atoms with van der Waals surface area (Å²) in [5.41, 5.74) is 25.2. The van der Waals surface area contributed by atoms with Gasteiger partial charge in [0.1, 0.15) is 0 Å². The lowest BCUT2D eigenvalue weighted by Gasteiger charge is -2.26. The molecule has 4 nitrogen and oxygen atoms in total. The van der Waals surface area contributed by atoms with Gasteiger partial charge in [0, 0.05) is 67.0 Å². The first kappa shape index (κ1) is 53.5. The van der Waals surface area contributed by atoms with Crippen LogP contribution < -0.4 is 9.80 Å². The number of rotatable bonds is 14. The standard InChI is InChI=1S/C86H60N4/c1-7-19-63(20-8-1)65-37-41-67(42-38-65)69-45-53-83-79(57-69)81-59-77(51-55-85(81)89(83)73-27-15-5-16-28-73)87(71-23-11-3-12-24-71)75-47-33-61(34-48-75)31-32-62-35-49-76(50-36-62)88(72-25-13-4-14-26-72)78-52-56-86-82(60-78)80-58-70(46-54-84(80)90(86)74-29-17-6-18-30-74)68-43-39-66(40-44-68)64-21-9-2-10-22-64/h1-60H. The van der Waals surface area contributed by atoms with Crippen LogP contribution in [0.5, 0.6) is 0 Å². The van der Waals surface area contributed by atoms with Gasteiger partial charge < -0.3 is 18.9 Å². The number of fused-ring (bicyclic) bond motifs is 6. The normalized spacial score (nSPS) is 11.5. The van der Waals surface area contributed by atoms with Crippen LogP contribution in [0.25, 0.3) is 112 Å². The van der Waals surface area contributed by atoms with Gasteiger partial charge in [0.15, 0.2) is 0 Å². The van der Waals surface area contributed by atoms with Gasteiger partial charge in [-0.15, -0.1) is 0 Å². The van der Waals surface area contributed by atoms with Crippen LogP contribution in [0.3, 0.4) is 0 Å². The third-order valence-corrected chi connectivity index (χ3v) is 17.5. The summed E-state index contributed by atoms with van der Waals surface area (Å²) < 4.78 is 4.79. The van der Waals surface area contributed by atoms with Gasteiger partial charge in [-0.3, -0.25) is 0 Å². The molecule has 0 saturated carbocycles. The Morgan fingerprint density at radius 3 is 0.778 bits per heavy atom. The Morgan fingerprint density at radius 1 is 0.189 bits per heavy atom. The number of hydrogen-bond acceptors (Lipinski definition) is 2. The monoisotopic (exact) mass is 1150 g/mol. The Bertz CT molecular complexity index is 4880. The van der Waals surface area contributed by atoms with Crippen molar-refractivity contribution in [1.82, 2.24) is 9.13 Å². The third kappa shape index (κ3) is 10.2. The van der Waals surface area contributed by atoms with Crippen molar-refractivity contribution >= 4 is 89.9 Å². The average Bonchev–Trinajstić information content (AvgIpc) is 1.69. The maximum Gasteiger partial charge on any atom is 0.0542 e. The van der Waals surface area contributed by atoms with Crippen molar-refractivity contribution in [3.8, 4) is 55.9 Å². The minimum Gasteiger partial charge on any atom is -0.310 e. The molecule has 0 fully saturated rings. The molecule has 0 spiro atoms. The molecule has 0 amide bonds. The molecule has 424 valence electrons. The van der Waals surface area contributed by atoms with E-state index in [0.29, 0.717) is 0 Å². The van der Waals surface area contributed by atoms with E-state index in [4.69, 9.17) is 0 Å². The quantitative estimate of drug-likeness (QED) is 0.101. The maximum absolute atomic E-state index is 2.40. The summed E-state index contributed by atoms with van der Waals surface area (Å²) in [6.45, 7) is 0. The zero-order valence-corrected chi connectivity index (χ0v) is 49.4. The summed E-state index contributed by atoms with van der Waals surface area (Å²) >= 11 is 0. The largest absolute Gasteiger partial charge is 0.310 e. The Balaban J connectivity index is 0.709. The highest BCUT2D eigenvalue weighted by atomic mass is 15.1. The number of aromatic nitrogens is 2. The predicted octanol–water partition coefficient (Wildman–Crippen LogP) is 23.7. The highest BCUT2D eigenvalue weighted by Gasteiger charge is 2.21. The molecular formula is C86H60N4. The molecule has 2 heterocycles. The molecule has 0 atom stereocenters. The van der Waals surface area contributed by atoms with Crippen LogP contribution in [0.2, 0.25) is 0 Å². The molecule has 0 bridgehead atoms. The van der Waals surface area contributed by atoms with Crippen LogP contribution in [0, 0.1) is 0 Å². The molecule has 14 aromatic carbocycles. The van der Waals surface area contributed by atoms with Gasteiger partial charge in [-0.2, -0.15) is 0 Å². The highest BCUT2D eigenvalue weighted by Crippen LogP contribution is 2.44. The molecule has 0 N–H and O–H groups in total. The van der Waals surface area contributed by atoms with E-state index in [-0.39, 0.29) is 0 Å². The van der Waals surface area contributed by atoms with Gasteiger partial charge in [0.2, 0.25) is 0 Å². The number of anilines is 6. The van der Waals surface area contributed by atoms with Crippen molar-refractivity contribution < 1.29 is 0 Å². The summed E-state index contributed by atoms with van der Waals surface area (Å²) in [6.07, 6.45) is 4.42. The lowest BCUT2D eigenvalue weighted by Crippen LogP contribution is -2.09. The van der Waals surface area contributed by atoms with Crippen LogP contribution in [0.15, 0.2) is 352 Å². The summed E-state index contributed by atoms with van der Waals surface area (Å²) in [7, 11) is 0. The molecule has 0 radical (unpaired) electrons. The minimum absolute atomic E-state index is 1.08. The van der Waals surface area contributed by atoms with E-state index in [1.807, 2.05) is 0 Å². The average molecular weight is 1150 g/mol. The van der Waals surface area contributed by atoms with Gasteiger partial charge in [-0.1, -0.05) is 231 Å². The fourth-order valence-electron chi connectivity index (χ4n) is 13.1. The second-order valence-electron chi connectivity index (χ2n) is 23.0. The van der Waals surface area contributed by atoms with Crippen molar-refractivity contribution in [2.45, 2.75) is 0 Å².